The monoisotopic (exact) mass is 230 g/mol. The van der Waals surface area contributed by atoms with Gasteiger partial charge in [-0.05, 0) is 32.1 Å². The van der Waals surface area contributed by atoms with E-state index in [1.54, 1.807) is 0 Å². The standard InChI is InChI=1S/C11H22N2OS/c1-4-15-10-6-5-9(7-10)13(3)11(14)8-12-2/h9-10,12H,4-8H2,1-3H3. The second-order valence-corrected chi connectivity index (χ2v) is 5.66. The number of nitrogens with one attached hydrogen (secondary N) is 1. The molecule has 0 bridgehead atoms. The fraction of sp³-hybridized carbons (Fsp3) is 0.909. The SMILES string of the molecule is CCSC1CCC(N(C)C(=O)CNC)C1. The molecule has 3 nitrogen and oxygen atoms in total. The van der Waals surface area contributed by atoms with Crippen LogP contribution in [0.4, 0.5) is 0 Å². The van der Waals surface area contributed by atoms with E-state index in [1.165, 1.54) is 25.0 Å². The summed E-state index contributed by atoms with van der Waals surface area (Å²) in [6, 6.07) is 0.468. The number of carbonyl (C=O) groups excluding carboxylic acids is 1. The predicted octanol–water partition coefficient (Wildman–Crippen LogP) is 1.34. The van der Waals surface area contributed by atoms with Gasteiger partial charge >= 0.3 is 0 Å². The van der Waals surface area contributed by atoms with Gasteiger partial charge in [-0.3, -0.25) is 4.79 Å². The van der Waals surface area contributed by atoms with Crippen molar-refractivity contribution in [1.82, 2.24) is 10.2 Å². The van der Waals surface area contributed by atoms with Crippen LogP contribution < -0.4 is 5.32 Å². The Morgan fingerprint density at radius 2 is 2.27 bits per heavy atom. The first-order valence-corrected chi connectivity index (χ1v) is 6.75. The lowest BCUT2D eigenvalue weighted by atomic mass is 10.2. The zero-order valence-electron chi connectivity index (χ0n) is 9.95. The maximum atomic E-state index is 11.7. The summed E-state index contributed by atoms with van der Waals surface area (Å²) in [6.45, 7) is 2.66. The second-order valence-electron chi connectivity index (χ2n) is 4.08. The zero-order chi connectivity index (χ0) is 11.3. The number of hydrogen-bond acceptors (Lipinski definition) is 3. The van der Waals surface area contributed by atoms with Gasteiger partial charge in [-0.1, -0.05) is 6.92 Å². The molecule has 0 aromatic carbocycles. The highest BCUT2D eigenvalue weighted by atomic mass is 32.2. The topological polar surface area (TPSA) is 32.3 Å². The molecule has 0 aromatic heterocycles. The Morgan fingerprint density at radius 1 is 1.53 bits per heavy atom. The molecule has 1 rings (SSSR count). The summed E-state index contributed by atoms with van der Waals surface area (Å²) in [6.07, 6.45) is 3.61. The molecule has 4 heteroatoms. The van der Waals surface area contributed by atoms with E-state index in [2.05, 4.69) is 12.2 Å². The van der Waals surface area contributed by atoms with Crippen molar-refractivity contribution in [2.24, 2.45) is 0 Å². The summed E-state index contributed by atoms with van der Waals surface area (Å²) in [5.74, 6) is 1.40. The average molecular weight is 230 g/mol. The first-order chi connectivity index (χ1) is 7.19. The van der Waals surface area contributed by atoms with E-state index in [9.17, 15) is 4.79 Å². The molecular weight excluding hydrogens is 208 g/mol. The largest absolute Gasteiger partial charge is 0.342 e. The molecule has 2 unspecified atom stereocenters. The van der Waals surface area contributed by atoms with Crippen LogP contribution in [0.3, 0.4) is 0 Å². The van der Waals surface area contributed by atoms with Crippen molar-refractivity contribution in [3.8, 4) is 0 Å². The van der Waals surface area contributed by atoms with Crippen LogP contribution in [0.1, 0.15) is 26.2 Å². The van der Waals surface area contributed by atoms with E-state index in [0.717, 1.165) is 5.25 Å². The van der Waals surface area contributed by atoms with Crippen LogP contribution in [0.5, 0.6) is 0 Å². The van der Waals surface area contributed by atoms with Gasteiger partial charge in [-0.15, -0.1) is 0 Å². The first-order valence-electron chi connectivity index (χ1n) is 5.70. The lowest BCUT2D eigenvalue weighted by molar-refractivity contribution is -0.130. The molecule has 0 aliphatic heterocycles. The van der Waals surface area contributed by atoms with Crippen LogP contribution in [-0.4, -0.2) is 48.5 Å². The molecule has 88 valence electrons. The molecule has 0 saturated heterocycles. The van der Waals surface area contributed by atoms with Gasteiger partial charge in [0.25, 0.3) is 0 Å². The third-order valence-electron chi connectivity index (χ3n) is 3.03. The minimum atomic E-state index is 0.213. The second kappa shape index (κ2) is 6.38. The molecule has 1 saturated carbocycles. The Balaban J connectivity index is 2.35. The maximum absolute atomic E-state index is 11.7. The molecule has 0 radical (unpaired) electrons. The summed E-state index contributed by atoms with van der Waals surface area (Å²) in [7, 11) is 3.75. The van der Waals surface area contributed by atoms with Crippen LogP contribution >= 0.6 is 11.8 Å². The van der Waals surface area contributed by atoms with Crippen molar-refractivity contribution in [2.75, 3.05) is 26.4 Å². The number of thioether (sulfide) groups is 1. The summed E-state index contributed by atoms with van der Waals surface area (Å²) >= 11 is 2.03. The summed E-state index contributed by atoms with van der Waals surface area (Å²) in [5, 5.41) is 3.68. The highest BCUT2D eigenvalue weighted by Crippen LogP contribution is 2.32. The van der Waals surface area contributed by atoms with E-state index < -0.39 is 0 Å². The molecular formula is C11H22N2OS. The molecule has 0 spiro atoms. The predicted molar refractivity (Wildman–Crippen MR) is 66.3 cm³/mol. The third-order valence-corrected chi connectivity index (χ3v) is 4.26. The Labute approximate surface area is 97.0 Å². The fourth-order valence-corrected chi connectivity index (χ4v) is 3.27. The highest BCUT2D eigenvalue weighted by Gasteiger charge is 2.29. The van der Waals surface area contributed by atoms with E-state index in [4.69, 9.17) is 0 Å². The molecule has 15 heavy (non-hydrogen) atoms. The average Bonchev–Trinajstić information content (AvgIpc) is 2.66. The van der Waals surface area contributed by atoms with Crippen LogP contribution in [-0.2, 0) is 4.79 Å². The number of nitrogens with zero attached hydrogens (tertiary/aromatic N) is 1. The van der Waals surface area contributed by atoms with Crippen LogP contribution in [0.15, 0.2) is 0 Å². The minimum Gasteiger partial charge on any atom is -0.342 e. The third kappa shape index (κ3) is 3.68. The van der Waals surface area contributed by atoms with E-state index in [1.807, 2.05) is 30.8 Å². The van der Waals surface area contributed by atoms with Crippen molar-refractivity contribution in [1.29, 1.82) is 0 Å². The molecule has 0 heterocycles. The fourth-order valence-electron chi connectivity index (χ4n) is 2.14. The van der Waals surface area contributed by atoms with Gasteiger partial charge in [0.1, 0.15) is 0 Å². The van der Waals surface area contributed by atoms with Gasteiger partial charge in [0.15, 0.2) is 0 Å². The summed E-state index contributed by atoms with van der Waals surface area (Å²) < 4.78 is 0. The zero-order valence-corrected chi connectivity index (χ0v) is 10.8. The molecule has 1 N–H and O–H groups in total. The van der Waals surface area contributed by atoms with Crippen molar-refractivity contribution >= 4 is 17.7 Å². The smallest absolute Gasteiger partial charge is 0.236 e. The number of carbonyl (C=O) groups is 1. The Bertz CT molecular complexity index is 211. The Morgan fingerprint density at radius 3 is 2.87 bits per heavy atom. The minimum absolute atomic E-state index is 0.213. The Kier molecular flexibility index (Phi) is 5.47. The number of hydrogen-bond donors (Lipinski definition) is 1. The van der Waals surface area contributed by atoms with Crippen LogP contribution in [0.2, 0.25) is 0 Å². The maximum Gasteiger partial charge on any atom is 0.236 e. The van der Waals surface area contributed by atoms with Crippen molar-refractivity contribution in [3.05, 3.63) is 0 Å². The molecule has 1 fully saturated rings. The summed E-state index contributed by atoms with van der Waals surface area (Å²) in [4.78, 5) is 13.6. The lowest BCUT2D eigenvalue weighted by Gasteiger charge is -2.24. The van der Waals surface area contributed by atoms with Crippen molar-refractivity contribution in [3.63, 3.8) is 0 Å². The van der Waals surface area contributed by atoms with Crippen LogP contribution in [0.25, 0.3) is 0 Å². The molecule has 1 aliphatic carbocycles. The van der Waals surface area contributed by atoms with E-state index in [0.29, 0.717) is 12.6 Å². The van der Waals surface area contributed by atoms with Gasteiger partial charge in [0, 0.05) is 18.3 Å². The van der Waals surface area contributed by atoms with Gasteiger partial charge in [-0.25, -0.2) is 0 Å². The number of amides is 1. The van der Waals surface area contributed by atoms with Crippen molar-refractivity contribution in [2.45, 2.75) is 37.5 Å². The molecule has 2 atom stereocenters. The van der Waals surface area contributed by atoms with E-state index in [-0.39, 0.29) is 5.91 Å². The molecule has 1 aliphatic rings. The Hall–Kier alpha value is -0.220. The van der Waals surface area contributed by atoms with Crippen LogP contribution in [0, 0.1) is 0 Å². The normalized spacial score (nSPS) is 25.5. The first kappa shape index (κ1) is 12.8. The van der Waals surface area contributed by atoms with Gasteiger partial charge in [-0.2, -0.15) is 11.8 Å². The van der Waals surface area contributed by atoms with Gasteiger partial charge in [0.05, 0.1) is 6.54 Å². The lowest BCUT2D eigenvalue weighted by Crippen LogP contribution is -2.40. The van der Waals surface area contributed by atoms with Gasteiger partial charge < -0.3 is 10.2 Å². The van der Waals surface area contributed by atoms with E-state index >= 15 is 0 Å². The molecule has 1 amide bonds. The van der Waals surface area contributed by atoms with Crippen molar-refractivity contribution < 1.29 is 4.79 Å². The molecule has 0 aromatic rings. The number of likely N-dealkylation sites (N-methyl/N-ethyl adjacent to an activating group) is 2. The highest BCUT2D eigenvalue weighted by molar-refractivity contribution is 7.99. The number of rotatable bonds is 5. The van der Waals surface area contributed by atoms with Gasteiger partial charge in [0.2, 0.25) is 5.91 Å². The quantitative estimate of drug-likeness (QED) is 0.773. The summed E-state index contributed by atoms with van der Waals surface area (Å²) in [5.41, 5.74) is 0.